The van der Waals surface area contributed by atoms with E-state index >= 15 is 0 Å². The maximum atomic E-state index is 5.98. The molecule has 0 unspecified atom stereocenters. The zero-order chi connectivity index (χ0) is 11.8. The molecule has 0 aromatic carbocycles. The molecular weight excluding hydrogens is 222 g/mol. The Kier molecular flexibility index (Phi) is 3.24. The van der Waals surface area contributed by atoms with Crippen LogP contribution in [0.4, 0.5) is 0 Å². The van der Waals surface area contributed by atoms with Crippen molar-refractivity contribution in [3.05, 3.63) is 0 Å². The molecule has 0 spiro atoms. The van der Waals surface area contributed by atoms with E-state index in [2.05, 4.69) is 35.7 Å². The van der Waals surface area contributed by atoms with E-state index < -0.39 is 0 Å². The van der Waals surface area contributed by atoms with Gasteiger partial charge in [-0.2, -0.15) is 0 Å². The fourth-order valence-electron chi connectivity index (χ4n) is 2.85. The molecule has 2 rings (SSSR count). The van der Waals surface area contributed by atoms with Crippen molar-refractivity contribution in [2.45, 2.75) is 64.6 Å². The minimum Gasteiger partial charge on any atom is -0.333 e. The second-order valence-electron chi connectivity index (χ2n) is 5.07. The van der Waals surface area contributed by atoms with Crippen molar-refractivity contribution >= 4 is 22.7 Å². The van der Waals surface area contributed by atoms with Gasteiger partial charge in [0.15, 0.2) is 0 Å². The zero-order valence-corrected chi connectivity index (χ0v) is 11.1. The summed E-state index contributed by atoms with van der Waals surface area (Å²) in [5.41, 5.74) is -0.237. The molecule has 0 aromatic rings. The zero-order valence-electron chi connectivity index (χ0n) is 10.3. The van der Waals surface area contributed by atoms with Gasteiger partial charge in [0.2, 0.25) is 5.29 Å². The first-order chi connectivity index (χ1) is 7.54. The Labute approximate surface area is 103 Å². The first-order valence-electron chi connectivity index (χ1n) is 6.17. The van der Waals surface area contributed by atoms with Gasteiger partial charge >= 0.3 is 0 Å². The number of hydrogen-bond acceptors (Lipinski definition) is 3. The molecule has 1 heterocycles. The molecular formula is C12H20ClN3. The molecule has 1 fully saturated rings. The lowest BCUT2D eigenvalue weighted by atomic mass is 10.1. The molecule has 1 aliphatic carbocycles. The summed E-state index contributed by atoms with van der Waals surface area (Å²) < 4.78 is 0. The van der Waals surface area contributed by atoms with Crippen molar-refractivity contribution in [2.24, 2.45) is 9.98 Å². The van der Waals surface area contributed by atoms with Gasteiger partial charge in [-0.05, 0) is 38.3 Å². The first kappa shape index (κ1) is 11.9. The Balaban J connectivity index is 2.29. The minimum atomic E-state index is -0.237. The van der Waals surface area contributed by atoms with E-state index in [-0.39, 0.29) is 5.66 Å². The molecule has 1 aliphatic heterocycles. The van der Waals surface area contributed by atoms with Gasteiger partial charge in [-0.25, -0.2) is 9.98 Å². The summed E-state index contributed by atoms with van der Waals surface area (Å²) in [6.07, 6.45) is 6.09. The molecule has 1 saturated carbocycles. The highest BCUT2D eigenvalue weighted by molar-refractivity contribution is 6.65. The summed E-state index contributed by atoms with van der Waals surface area (Å²) >= 11 is 5.98. The lowest BCUT2D eigenvalue weighted by Gasteiger charge is -2.44. The second kappa shape index (κ2) is 4.36. The first-order valence-corrected chi connectivity index (χ1v) is 6.54. The number of aliphatic imine (C=N–C) groups is 2. The van der Waals surface area contributed by atoms with Crippen LogP contribution in [0.15, 0.2) is 9.98 Å². The van der Waals surface area contributed by atoms with Crippen LogP contribution in [0.2, 0.25) is 0 Å². The highest BCUT2D eigenvalue weighted by Gasteiger charge is 2.37. The van der Waals surface area contributed by atoms with Gasteiger partial charge < -0.3 is 4.90 Å². The summed E-state index contributed by atoms with van der Waals surface area (Å²) in [4.78, 5) is 11.2. The van der Waals surface area contributed by atoms with Crippen LogP contribution in [0.1, 0.15) is 52.9 Å². The minimum absolute atomic E-state index is 0.237. The molecule has 90 valence electrons. The number of rotatable bonds is 2. The van der Waals surface area contributed by atoms with Gasteiger partial charge in [-0.15, -0.1) is 0 Å². The van der Waals surface area contributed by atoms with E-state index in [0.29, 0.717) is 11.3 Å². The van der Waals surface area contributed by atoms with Crippen LogP contribution in [0.25, 0.3) is 0 Å². The lowest BCUT2D eigenvalue weighted by molar-refractivity contribution is 0.161. The number of nitrogens with zero attached hydrogens (tertiary/aromatic N) is 3. The Morgan fingerprint density at radius 3 is 2.56 bits per heavy atom. The highest BCUT2D eigenvalue weighted by atomic mass is 35.5. The third-order valence-corrected chi connectivity index (χ3v) is 3.63. The topological polar surface area (TPSA) is 28.0 Å². The highest BCUT2D eigenvalue weighted by Crippen LogP contribution is 2.33. The Hall–Kier alpha value is -0.570. The lowest BCUT2D eigenvalue weighted by Crippen LogP contribution is -2.53. The molecule has 0 bridgehead atoms. The molecule has 0 aromatic heterocycles. The maximum Gasteiger partial charge on any atom is 0.221 e. The quantitative estimate of drug-likeness (QED) is 0.681. The Morgan fingerprint density at radius 2 is 2.00 bits per heavy atom. The Bertz CT molecular complexity index is 327. The van der Waals surface area contributed by atoms with Gasteiger partial charge in [0, 0.05) is 12.5 Å². The smallest absolute Gasteiger partial charge is 0.221 e. The van der Waals surface area contributed by atoms with E-state index in [9.17, 15) is 0 Å². The van der Waals surface area contributed by atoms with E-state index in [0.717, 1.165) is 12.3 Å². The molecule has 0 saturated heterocycles. The number of halogens is 1. The van der Waals surface area contributed by atoms with Crippen LogP contribution in [0.3, 0.4) is 0 Å². The normalized spacial score (nSPS) is 25.6. The van der Waals surface area contributed by atoms with Crippen LogP contribution < -0.4 is 0 Å². The summed E-state index contributed by atoms with van der Waals surface area (Å²) in [5, 5.41) is 0.399. The van der Waals surface area contributed by atoms with Crippen LogP contribution in [-0.2, 0) is 0 Å². The second-order valence-corrected chi connectivity index (χ2v) is 5.40. The Morgan fingerprint density at radius 1 is 1.38 bits per heavy atom. The SMILES string of the molecule is CCC1=NC(Cl)=NC(C)(C)N1C1CCCC1. The fourth-order valence-corrected chi connectivity index (χ4v) is 3.15. The number of amidine groups is 2. The molecule has 0 amide bonds. The van der Waals surface area contributed by atoms with E-state index in [1.54, 1.807) is 0 Å². The summed E-state index contributed by atoms with van der Waals surface area (Å²) in [6.45, 7) is 6.38. The van der Waals surface area contributed by atoms with Crippen LogP contribution in [-0.4, -0.2) is 27.7 Å². The molecule has 3 nitrogen and oxygen atoms in total. The van der Waals surface area contributed by atoms with Crippen LogP contribution in [0, 0.1) is 0 Å². The van der Waals surface area contributed by atoms with Crippen molar-refractivity contribution in [1.82, 2.24) is 4.90 Å². The van der Waals surface area contributed by atoms with Crippen molar-refractivity contribution < 1.29 is 0 Å². The van der Waals surface area contributed by atoms with Crippen molar-refractivity contribution in [3.8, 4) is 0 Å². The molecule has 2 aliphatic rings. The van der Waals surface area contributed by atoms with Crippen molar-refractivity contribution in [2.75, 3.05) is 0 Å². The van der Waals surface area contributed by atoms with Gasteiger partial charge in [0.25, 0.3) is 0 Å². The van der Waals surface area contributed by atoms with Crippen molar-refractivity contribution in [3.63, 3.8) is 0 Å². The van der Waals surface area contributed by atoms with Crippen molar-refractivity contribution in [1.29, 1.82) is 0 Å². The average molecular weight is 242 g/mol. The molecule has 0 N–H and O–H groups in total. The van der Waals surface area contributed by atoms with Gasteiger partial charge in [-0.1, -0.05) is 19.8 Å². The summed E-state index contributed by atoms with van der Waals surface area (Å²) in [7, 11) is 0. The monoisotopic (exact) mass is 241 g/mol. The molecule has 0 radical (unpaired) electrons. The van der Waals surface area contributed by atoms with Gasteiger partial charge in [-0.3, -0.25) is 0 Å². The number of hydrogen-bond donors (Lipinski definition) is 0. The average Bonchev–Trinajstić information content (AvgIpc) is 2.67. The standard InChI is InChI=1S/C12H20ClN3/c1-4-10-14-11(13)15-12(2,3)16(10)9-7-5-6-8-9/h9H,4-8H2,1-3H3. The third kappa shape index (κ3) is 2.10. The predicted octanol–water partition coefficient (Wildman–Crippen LogP) is 3.38. The summed E-state index contributed by atoms with van der Waals surface area (Å²) in [6, 6.07) is 0.599. The predicted molar refractivity (Wildman–Crippen MR) is 69.2 cm³/mol. The third-order valence-electron chi connectivity index (χ3n) is 3.46. The van der Waals surface area contributed by atoms with E-state index in [1.165, 1.54) is 25.7 Å². The van der Waals surface area contributed by atoms with Crippen LogP contribution in [0.5, 0.6) is 0 Å². The molecule has 16 heavy (non-hydrogen) atoms. The molecule has 4 heteroatoms. The molecule has 0 atom stereocenters. The van der Waals surface area contributed by atoms with Gasteiger partial charge in [0.05, 0.1) is 0 Å². The largest absolute Gasteiger partial charge is 0.333 e. The van der Waals surface area contributed by atoms with E-state index in [4.69, 9.17) is 11.6 Å². The van der Waals surface area contributed by atoms with Gasteiger partial charge in [0.1, 0.15) is 11.5 Å². The summed E-state index contributed by atoms with van der Waals surface area (Å²) in [5.74, 6) is 1.09. The van der Waals surface area contributed by atoms with E-state index in [1.807, 2.05) is 0 Å². The fraction of sp³-hybridized carbons (Fsp3) is 0.833. The maximum absolute atomic E-state index is 5.98. The van der Waals surface area contributed by atoms with Crippen LogP contribution >= 0.6 is 11.6 Å².